The lowest BCUT2D eigenvalue weighted by Crippen LogP contribution is -2.36. The highest BCUT2D eigenvalue weighted by Gasteiger charge is 2.43. The maximum absolute atomic E-state index is 5.55. The summed E-state index contributed by atoms with van der Waals surface area (Å²) in [6, 6.07) is 0.707. The normalized spacial score (nSPS) is 27.9. The molecule has 0 N–H and O–H groups in total. The van der Waals surface area contributed by atoms with Gasteiger partial charge >= 0.3 is 0 Å². The molecule has 0 unspecified atom stereocenters. The number of hydrogen-bond donors (Lipinski definition) is 0. The number of hydrogen-bond acceptors (Lipinski definition) is 4. The van der Waals surface area contributed by atoms with E-state index in [1.54, 1.807) is 0 Å². The van der Waals surface area contributed by atoms with Crippen molar-refractivity contribution < 1.29 is 4.42 Å². The van der Waals surface area contributed by atoms with Gasteiger partial charge in [-0.2, -0.15) is 0 Å². The van der Waals surface area contributed by atoms with Crippen LogP contribution in [-0.2, 0) is 6.54 Å². The van der Waals surface area contributed by atoms with Crippen LogP contribution in [0, 0.1) is 11.8 Å². The molecule has 1 saturated carbocycles. The fourth-order valence-electron chi connectivity index (χ4n) is 3.45. The van der Waals surface area contributed by atoms with Gasteiger partial charge in [-0.3, -0.25) is 4.90 Å². The molecule has 0 radical (unpaired) electrons. The Balaban J connectivity index is 1.63. The molecule has 112 valence electrons. The highest BCUT2D eigenvalue weighted by Crippen LogP contribution is 2.42. The van der Waals surface area contributed by atoms with Crippen molar-refractivity contribution in [2.75, 3.05) is 27.2 Å². The van der Waals surface area contributed by atoms with E-state index in [2.05, 4.69) is 42.7 Å². The van der Waals surface area contributed by atoms with E-state index in [0.29, 0.717) is 12.0 Å². The maximum Gasteiger partial charge on any atom is 0.196 e. The summed E-state index contributed by atoms with van der Waals surface area (Å²) in [7, 11) is 4.44. The highest BCUT2D eigenvalue weighted by atomic mass is 16.3. The zero-order chi connectivity index (χ0) is 14.3. The Labute approximate surface area is 122 Å². The van der Waals surface area contributed by atoms with Crippen molar-refractivity contribution in [2.45, 2.75) is 45.2 Å². The molecule has 0 aromatic carbocycles. The van der Waals surface area contributed by atoms with Crippen LogP contribution in [-0.4, -0.2) is 48.0 Å². The number of likely N-dealkylation sites (tertiary alicyclic amines) is 1. The predicted molar refractivity (Wildman–Crippen MR) is 79.6 cm³/mol. The van der Waals surface area contributed by atoms with Crippen molar-refractivity contribution in [3.05, 3.63) is 17.8 Å². The molecule has 0 amide bonds. The van der Waals surface area contributed by atoms with Crippen molar-refractivity contribution in [3.8, 4) is 0 Å². The SMILES string of the molecule is CC(C)c1nc(CN2C[C@H](C3CC3)[C@@H](N(C)C)C2)co1. The van der Waals surface area contributed by atoms with E-state index in [4.69, 9.17) is 4.42 Å². The van der Waals surface area contributed by atoms with Gasteiger partial charge in [0.05, 0.1) is 5.69 Å². The van der Waals surface area contributed by atoms with E-state index in [1.165, 1.54) is 19.4 Å². The first-order valence-corrected chi connectivity index (χ1v) is 7.87. The number of rotatable bonds is 5. The highest BCUT2D eigenvalue weighted by molar-refractivity contribution is 5.02. The molecule has 2 heterocycles. The zero-order valence-corrected chi connectivity index (χ0v) is 13.2. The first-order chi connectivity index (χ1) is 9.54. The van der Waals surface area contributed by atoms with E-state index in [9.17, 15) is 0 Å². The molecule has 2 fully saturated rings. The summed E-state index contributed by atoms with van der Waals surface area (Å²) in [6.07, 6.45) is 4.71. The summed E-state index contributed by atoms with van der Waals surface area (Å²) in [4.78, 5) is 9.57. The molecular weight excluding hydrogens is 250 g/mol. The van der Waals surface area contributed by atoms with Crippen molar-refractivity contribution in [2.24, 2.45) is 11.8 Å². The molecule has 1 aliphatic heterocycles. The largest absolute Gasteiger partial charge is 0.448 e. The summed E-state index contributed by atoms with van der Waals surface area (Å²) >= 11 is 0. The third-order valence-electron chi connectivity index (χ3n) is 4.75. The Hall–Kier alpha value is -0.870. The first-order valence-electron chi connectivity index (χ1n) is 7.87. The topological polar surface area (TPSA) is 32.5 Å². The minimum absolute atomic E-state index is 0.371. The van der Waals surface area contributed by atoms with E-state index >= 15 is 0 Å². The van der Waals surface area contributed by atoms with Crippen molar-refractivity contribution >= 4 is 0 Å². The molecule has 0 bridgehead atoms. The van der Waals surface area contributed by atoms with Gasteiger partial charge in [0.2, 0.25) is 0 Å². The van der Waals surface area contributed by atoms with Crippen molar-refractivity contribution in [1.82, 2.24) is 14.8 Å². The van der Waals surface area contributed by atoms with Crippen LogP contribution in [0.1, 0.15) is 44.2 Å². The second-order valence-electron chi connectivity index (χ2n) is 7.06. The average molecular weight is 277 g/mol. The van der Waals surface area contributed by atoms with Gasteiger partial charge in [0, 0.05) is 31.6 Å². The Morgan fingerprint density at radius 2 is 2.10 bits per heavy atom. The second-order valence-corrected chi connectivity index (χ2v) is 7.06. The summed E-state index contributed by atoms with van der Waals surface area (Å²) in [6.45, 7) is 7.56. The van der Waals surface area contributed by atoms with Gasteiger partial charge in [-0.1, -0.05) is 13.8 Å². The van der Waals surface area contributed by atoms with E-state index in [1.807, 2.05) is 6.26 Å². The quantitative estimate of drug-likeness (QED) is 0.828. The molecule has 1 saturated heterocycles. The Kier molecular flexibility index (Phi) is 3.87. The average Bonchev–Trinajstić information content (AvgIpc) is 2.97. The Morgan fingerprint density at radius 3 is 2.65 bits per heavy atom. The smallest absolute Gasteiger partial charge is 0.196 e. The molecular formula is C16H27N3O. The van der Waals surface area contributed by atoms with Crippen molar-refractivity contribution in [1.29, 1.82) is 0 Å². The van der Waals surface area contributed by atoms with Crippen LogP contribution >= 0.6 is 0 Å². The van der Waals surface area contributed by atoms with Crippen LogP contribution in [0.2, 0.25) is 0 Å². The van der Waals surface area contributed by atoms with E-state index in [-0.39, 0.29) is 0 Å². The molecule has 2 aliphatic rings. The molecule has 1 aromatic rings. The van der Waals surface area contributed by atoms with Gasteiger partial charge in [0.1, 0.15) is 6.26 Å². The van der Waals surface area contributed by atoms with Gasteiger partial charge in [-0.05, 0) is 38.8 Å². The fraction of sp³-hybridized carbons (Fsp3) is 0.812. The lowest BCUT2D eigenvalue weighted by molar-refractivity contribution is 0.233. The third-order valence-corrected chi connectivity index (χ3v) is 4.75. The fourth-order valence-corrected chi connectivity index (χ4v) is 3.45. The van der Waals surface area contributed by atoms with Gasteiger partial charge in [-0.25, -0.2) is 4.98 Å². The molecule has 4 nitrogen and oxygen atoms in total. The molecule has 4 heteroatoms. The monoisotopic (exact) mass is 277 g/mol. The van der Waals surface area contributed by atoms with Crippen LogP contribution in [0.3, 0.4) is 0 Å². The van der Waals surface area contributed by atoms with Gasteiger partial charge < -0.3 is 9.32 Å². The summed E-state index contributed by atoms with van der Waals surface area (Å²) < 4.78 is 5.55. The molecule has 2 atom stereocenters. The number of nitrogens with zero attached hydrogens (tertiary/aromatic N) is 3. The Bertz CT molecular complexity index is 440. The second kappa shape index (κ2) is 5.49. The minimum atomic E-state index is 0.371. The van der Waals surface area contributed by atoms with Gasteiger partial charge in [0.15, 0.2) is 5.89 Å². The summed E-state index contributed by atoms with van der Waals surface area (Å²) in [5.41, 5.74) is 1.09. The number of oxazole rings is 1. The number of likely N-dealkylation sites (N-methyl/N-ethyl adjacent to an activating group) is 1. The Morgan fingerprint density at radius 1 is 1.35 bits per heavy atom. The van der Waals surface area contributed by atoms with Crippen LogP contribution in [0.15, 0.2) is 10.7 Å². The van der Waals surface area contributed by atoms with Crippen LogP contribution < -0.4 is 0 Å². The molecule has 3 rings (SSSR count). The zero-order valence-electron chi connectivity index (χ0n) is 13.2. The summed E-state index contributed by atoms with van der Waals surface area (Å²) in [5.74, 6) is 3.05. The first kappa shape index (κ1) is 14.1. The summed E-state index contributed by atoms with van der Waals surface area (Å²) in [5, 5.41) is 0. The van der Waals surface area contributed by atoms with E-state index in [0.717, 1.165) is 36.5 Å². The lowest BCUT2D eigenvalue weighted by Gasteiger charge is -2.24. The van der Waals surface area contributed by atoms with Crippen LogP contribution in [0.5, 0.6) is 0 Å². The predicted octanol–water partition coefficient (Wildman–Crippen LogP) is 2.57. The van der Waals surface area contributed by atoms with Crippen molar-refractivity contribution in [3.63, 3.8) is 0 Å². The maximum atomic E-state index is 5.55. The van der Waals surface area contributed by atoms with Gasteiger partial charge in [0.25, 0.3) is 0 Å². The third kappa shape index (κ3) is 2.91. The number of aromatic nitrogens is 1. The molecule has 20 heavy (non-hydrogen) atoms. The molecule has 1 aliphatic carbocycles. The standard InChI is InChI=1S/C16H27N3O/c1-11(2)16-17-13(10-20-16)7-19-8-14(12-5-6-12)15(9-19)18(3)4/h10-12,14-15H,5-9H2,1-4H3/t14-,15+/m1/s1. The van der Waals surface area contributed by atoms with Crippen LogP contribution in [0.25, 0.3) is 0 Å². The molecule has 0 spiro atoms. The van der Waals surface area contributed by atoms with E-state index < -0.39 is 0 Å². The lowest BCUT2D eigenvalue weighted by atomic mass is 9.97. The molecule has 1 aromatic heterocycles. The minimum Gasteiger partial charge on any atom is -0.448 e. The van der Waals surface area contributed by atoms with Crippen LogP contribution in [0.4, 0.5) is 0 Å². The van der Waals surface area contributed by atoms with Gasteiger partial charge in [-0.15, -0.1) is 0 Å².